The van der Waals surface area contributed by atoms with Crippen LogP contribution in [0.2, 0.25) is 0 Å². The van der Waals surface area contributed by atoms with E-state index in [-0.39, 0.29) is 0 Å². The van der Waals surface area contributed by atoms with Crippen molar-refractivity contribution in [2.75, 3.05) is 9.80 Å². The maximum absolute atomic E-state index is 6.79. The van der Waals surface area contributed by atoms with Crippen LogP contribution in [0, 0.1) is 0 Å². The highest BCUT2D eigenvalue weighted by Crippen LogP contribution is 2.50. The molecule has 2 aromatic heterocycles. The monoisotopic (exact) mass is 1130 g/mol. The topological polar surface area (TPSA) is 28.9 Å². The van der Waals surface area contributed by atoms with Gasteiger partial charge in [-0.1, -0.05) is 200 Å². The number of para-hydroxylation sites is 4. The first kappa shape index (κ1) is 51.4. The molecule has 0 radical (unpaired) electrons. The number of anilines is 6. The molecule has 0 amide bonds. The van der Waals surface area contributed by atoms with Crippen LogP contribution in [0.4, 0.5) is 34.1 Å². The lowest BCUT2D eigenvalue weighted by Crippen LogP contribution is -2.10. The Kier molecular flexibility index (Phi) is 13.0. The second-order valence-corrected chi connectivity index (χ2v) is 23.1. The Bertz CT molecular complexity index is 5050. The zero-order valence-corrected chi connectivity index (χ0v) is 48.1. The Balaban J connectivity index is 0.862. The van der Waals surface area contributed by atoms with E-state index in [2.05, 4.69) is 319 Å². The summed E-state index contributed by atoms with van der Waals surface area (Å²) in [5, 5.41) is 4.66. The fourth-order valence-corrected chi connectivity index (χ4v) is 13.7. The molecule has 3 heterocycles. The molecule has 15 aromatic rings. The van der Waals surface area contributed by atoms with Gasteiger partial charge in [0.2, 0.25) is 0 Å². The largest absolute Gasteiger partial charge is 0.456 e. The SMILES string of the molecule is C1=C(c2ccccc2)c2ccccc2Oc2ccc(N(c3ccc(-c4cc(/C(=C/c5ccccc5)c5ccccc5)c5c(c4)sc4cccc(N(c6ccccc6)c6ccccc6)c45)cc3)c3ccc(-c4ccc5oc6ccccc6c5c4)cc3)cc21. The van der Waals surface area contributed by atoms with Gasteiger partial charge in [-0.2, -0.15) is 0 Å². The lowest BCUT2D eigenvalue weighted by Gasteiger charge is -2.27. The molecule has 5 heteroatoms. The molecule has 87 heavy (non-hydrogen) atoms. The molecule has 0 spiro atoms. The molecule has 0 bridgehead atoms. The zero-order chi connectivity index (χ0) is 57.6. The van der Waals surface area contributed by atoms with Crippen LogP contribution < -0.4 is 14.5 Å². The molecular weight excluding hydrogens is 1080 g/mol. The van der Waals surface area contributed by atoms with E-state index in [0.29, 0.717) is 0 Å². The molecule has 0 atom stereocenters. The van der Waals surface area contributed by atoms with Crippen LogP contribution in [0.15, 0.2) is 320 Å². The second kappa shape index (κ2) is 22.1. The van der Waals surface area contributed by atoms with Crippen molar-refractivity contribution < 1.29 is 9.15 Å². The summed E-state index contributed by atoms with van der Waals surface area (Å²) in [6, 6.07) is 113. The van der Waals surface area contributed by atoms with Crippen molar-refractivity contribution in [2.45, 2.75) is 0 Å². The van der Waals surface area contributed by atoms with E-state index in [4.69, 9.17) is 9.15 Å². The quantitative estimate of drug-likeness (QED) is 0.114. The lowest BCUT2D eigenvalue weighted by molar-refractivity contribution is 0.481. The van der Waals surface area contributed by atoms with Crippen molar-refractivity contribution in [3.63, 3.8) is 0 Å². The van der Waals surface area contributed by atoms with Crippen LogP contribution >= 0.6 is 11.3 Å². The zero-order valence-electron chi connectivity index (χ0n) is 47.3. The minimum atomic E-state index is 0.800. The van der Waals surface area contributed by atoms with Crippen molar-refractivity contribution in [1.29, 1.82) is 0 Å². The Morgan fingerprint density at radius 2 is 0.943 bits per heavy atom. The molecule has 0 fully saturated rings. The van der Waals surface area contributed by atoms with Gasteiger partial charge >= 0.3 is 0 Å². The molecule has 0 saturated heterocycles. The Morgan fingerprint density at radius 1 is 0.356 bits per heavy atom. The summed E-state index contributed by atoms with van der Waals surface area (Å²) < 4.78 is 15.5. The molecule has 0 N–H and O–H groups in total. The summed E-state index contributed by atoms with van der Waals surface area (Å²) in [6.45, 7) is 0. The van der Waals surface area contributed by atoms with E-state index >= 15 is 0 Å². The van der Waals surface area contributed by atoms with E-state index in [1.54, 1.807) is 0 Å². The van der Waals surface area contributed by atoms with Gasteiger partial charge in [0.05, 0.1) is 5.69 Å². The van der Waals surface area contributed by atoms with Gasteiger partial charge in [-0.05, 0) is 183 Å². The number of hydrogen-bond donors (Lipinski definition) is 0. The summed E-state index contributed by atoms with van der Waals surface area (Å²) in [6.07, 6.45) is 4.64. The minimum Gasteiger partial charge on any atom is -0.456 e. The van der Waals surface area contributed by atoms with Crippen molar-refractivity contribution in [3.05, 3.63) is 349 Å². The number of thiophene rings is 1. The summed E-state index contributed by atoms with van der Waals surface area (Å²) in [7, 11) is 0. The van der Waals surface area contributed by atoms with Crippen LogP contribution in [0.3, 0.4) is 0 Å². The van der Waals surface area contributed by atoms with Gasteiger partial charge in [-0.25, -0.2) is 0 Å². The van der Waals surface area contributed by atoms with E-state index in [0.717, 1.165) is 129 Å². The second-order valence-electron chi connectivity index (χ2n) is 22.0. The predicted molar refractivity (Wildman–Crippen MR) is 367 cm³/mol. The standard InChI is InChI=1S/C82H54N2O2S/c1-6-21-55(22-7-1)49-70(58-23-8-2-9-24-58)73-52-61(54-80-81(73)82-74(33-20-36-79(82)87-80)84(63-27-12-4-13-28-63)64-29-14-5-15-30-64)57-39-44-66(45-40-57)83(65-42-37-56(38-43-65)60-41-47-78-72(51-60)69-32-17-19-35-77(69)86-78)67-46-48-75-62(50-67)53-71(59-25-10-3-11-26-59)68-31-16-18-34-76(68)85-75/h1-54H/b70-49+. The number of nitrogens with zero attached hydrogens (tertiary/aromatic N) is 2. The van der Waals surface area contributed by atoms with E-state index in [1.165, 1.54) is 25.7 Å². The van der Waals surface area contributed by atoms with E-state index in [9.17, 15) is 0 Å². The number of rotatable bonds is 12. The first-order valence-corrected chi connectivity index (χ1v) is 30.3. The molecule has 0 aliphatic carbocycles. The Hall–Kier alpha value is -11.2. The summed E-state index contributed by atoms with van der Waals surface area (Å²) in [4.78, 5) is 4.77. The maximum Gasteiger partial charge on any atom is 0.135 e. The van der Waals surface area contributed by atoms with Gasteiger partial charge in [-0.3, -0.25) is 0 Å². The molecule has 16 rings (SSSR count). The van der Waals surface area contributed by atoms with Crippen LogP contribution in [0.25, 0.3) is 87.7 Å². The third kappa shape index (κ3) is 9.63. The summed E-state index contributed by atoms with van der Waals surface area (Å²) in [5.41, 5.74) is 21.5. The normalized spacial score (nSPS) is 12.1. The van der Waals surface area contributed by atoms with Gasteiger partial charge in [0, 0.05) is 70.5 Å². The van der Waals surface area contributed by atoms with Crippen LogP contribution in [0.1, 0.15) is 33.4 Å². The predicted octanol–water partition coefficient (Wildman–Crippen LogP) is 23.5. The molecule has 410 valence electrons. The van der Waals surface area contributed by atoms with Crippen LogP contribution in [-0.4, -0.2) is 0 Å². The fraction of sp³-hybridized carbons (Fsp3) is 0. The average Bonchev–Trinajstić information content (AvgIpc) is 2.56. The fourth-order valence-electron chi connectivity index (χ4n) is 12.6. The van der Waals surface area contributed by atoms with E-state index in [1.807, 2.05) is 29.5 Å². The summed E-state index contributed by atoms with van der Waals surface area (Å²) >= 11 is 1.85. The average molecular weight is 1130 g/mol. The van der Waals surface area contributed by atoms with E-state index < -0.39 is 0 Å². The van der Waals surface area contributed by atoms with Crippen molar-refractivity contribution >= 4 is 111 Å². The Labute approximate surface area is 509 Å². The molecular formula is C82H54N2O2S. The molecule has 4 nitrogen and oxygen atoms in total. The molecule has 0 saturated carbocycles. The number of hydrogen-bond acceptors (Lipinski definition) is 5. The van der Waals surface area contributed by atoms with Crippen molar-refractivity contribution in [3.8, 4) is 33.8 Å². The molecule has 1 aliphatic rings. The number of benzene rings is 13. The van der Waals surface area contributed by atoms with Gasteiger partial charge in [0.1, 0.15) is 22.7 Å². The third-order valence-corrected chi connectivity index (χ3v) is 17.8. The molecule has 0 unspecified atom stereocenters. The third-order valence-electron chi connectivity index (χ3n) is 16.7. The maximum atomic E-state index is 6.79. The van der Waals surface area contributed by atoms with Crippen molar-refractivity contribution in [1.82, 2.24) is 0 Å². The number of ether oxygens (including phenoxy) is 1. The first-order valence-electron chi connectivity index (χ1n) is 29.4. The van der Waals surface area contributed by atoms with Gasteiger partial charge in [0.25, 0.3) is 0 Å². The Morgan fingerprint density at radius 3 is 1.67 bits per heavy atom. The van der Waals surface area contributed by atoms with Crippen molar-refractivity contribution in [2.24, 2.45) is 0 Å². The smallest absolute Gasteiger partial charge is 0.135 e. The van der Waals surface area contributed by atoms with Crippen LogP contribution in [-0.2, 0) is 0 Å². The molecule has 1 aliphatic heterocycles. The first-order chi connectivity index (χ1) is 43.1. The lowest BCUT2D eigenvalue weighted by atomic mass is 9.89. The minimum absolute atomic E-state index is 0.800. The number of fused-ring (bicyclic) bond motifs is 8. The van der Waals surface area contributed by atoms with Gasteiger partial charge in [0.15, 0.2) is 0 Å². The van der Waals surface area contributed by atoms with Gasteiger partial charge in [-0.15, -0.1) is 11.3 Å². The number of furan rings is 1. The highest BCUT2D eigenvalue weighted by molar-refractivity contribution is 7.26. The highest BCUT2D eigenvalue weighted by atomic mass is 32.1. The van der Waals surface area contributed by atoms with Crippen LogP contribution in [0.5, 0.6) is 11.5 Å². The van der Waals surface area contributed by atoms with Gasteiger partial charge < -0.3 is 19.0 Å². The molecule has 13 aromatic carbocycles. The highest BCUT2D eigenvalue weighted by Gasteiger charge is 2.25. The summed E-state index contributed by atoms with van der Waals surface area (Å²) in [5.74, 6) is 1.63.